The molecule has 8 rings (SSSR count). The van der Waals surface area contributed by atoms with Crippen molar-refractivity contribution in [2.45, 2.75) is 224 Å². The number of allylic oxidation sites excluding steroid dienone is 2. The first-order chi connectivity index (χ1) is 28.6. The van der Waals surface area contributed by atoms with Gasteiger partial charge >= 0.3 is 0 Å². The Morgan fingerprint density at radius 2 is 1.38 bits per heavy atom. The lowest BCUT2D eigenvalue weighted by molar-refractivity contribution is -0.374. The van der Waals surface area contributed by atoms with Gasteiger partial charge in [0.05, 0.1) is 31.0 Å². The maximum absolute atomic E-state index is 13.0. The monoisotopic (exact) mass is 851 g/mol. The van der Waals surface area contributed by atoms with Crippen molar-refractivity contribution in [2.75, 3.05) is 6.61 Å². The van der Waals surface area contributed by atoms with Gasteiger partial charge in [0, 0.05) is 23.2 Å². The smallest absolute Gasteiger partial charge is 0.187 e. The molecule has 0 aromatic rings. The van der Waals surface area contributed by atoms with Crippen molar-refractivity contribution >= 4 is 6.29 Å². The van der Waals surface area contributed by atoms with Crippen molar-refractivity contribution in [3.8, 4) is 0 Å². The molecule has 3 saturated heterocycles. The Bertz CT molecular complexity index is 1610. The molecule has 61 heavy (non-hydrogen) atoms. The first-order valence-corrected chi connectivity index (χ1v) is 25.7. The number of hydrogen-bond donors (Lipinski definition) is 0. The zero-order valence-corrected chi connectivity index (χ0v) is 41.5. The van der Waals surface area contributed by atoms with Crippen LogP contribution < -0.4 is 0 Å². The number of carbonyl (C=O) groups is 1. The largest absolute Gasteiger partial charge is 0.352 e. The Labute approximate surface area is 372 Å². The van der Waals surface area contributed by atoms with Crippen LogP contribution in [0.15, 0.2) is 11.6 Å². The fourth-order valence-electron chi connectivity index (χ4n) is 15.9. The van der Waals surface area contributed by atoms with Crippen LogP contribution in [0, 0.1) is 92.2 Å². The van der Waals surface area contributed by atoms with E-state index in [1.165, 1.54) is 19.1 Å². The van der Waals surface area contributed by atoms with E-state index in [-0.39, 0.29) is 81.8 Å². The second kappa shape index (κ2) is 16.8. The van der Waals surface area contributed by atoms with Crippen molar-refractivity contribution < 1.29 is 33.2 Å². The third kappa shape index (κ3) is 7.54. The van der Waals surface area contributed by atoms with Gasteiger partial charge < -0.3 is 33.2 Å². The van der Waals surface area contributed by atoms with Crippen LogP contribution in [0.1, 0.15) is 174 Å². The fraction of sp³-hybridized carbons (Fsp3) is 0.944. The molecule has 0 bridgehead atoms. The van der Waals surface area contributed by atoms with Gasteiger partial charge in [0.25, 0.3) is 0 Å². The highest BCUT2D eigenvalue weighted by molar-refractivity contribution is 5.63. The average molecular weight is 851 g/mol. The first-order valence-electron chi connectivity index (χ1n) is 25.7. The highest BCUT2D eigenvalue weighted by Gasteiger charge is 2.67. The van der Waals surface area contributed by atoms with Crippen LogP contribution in [0.3, 0.4) is 0 Å². The molecular formula is C54H90O7. The minimum atomic E-state index is -0.568. The molecule has 5 aliphatic carbocycles. The first kappa shape index (κ1) is 46.7. The van der Waals surface area contributed by atoms with Gasteiger partial charge in [-0.2, -0.15) is 0 Å². The lowest BCUT2D eigenvalue weighted by atomic mass is 9.34. The normalized spacial score (nSPS) is 55.9. The summed E-state index contributed by atoms with van der Waals surface area (Å²) >= 11 is 0. The van der Waals surface area contributed by atoms with E-state index in [0.29, 0.717) is 54.0 Å². The Morgan fingerprint density at radius 3 is 2.08 bits per heavy atom. The van der Waals surface area contributed by atoms with E-state index in [1.54, 1.807) is 5.57 Å². The van der Waals surface area contributed by atoms with Crippen molar-refractivity contribution in [3.63, 3.8) is 0 Å². The molecule has 0 aromatic heterocycles. The lowest BCUT2D eigenvalue weighted by Crippen LogP contribution is -2.64. The molecule has 0 spiro atoms. The summed E-state index contributed by atoms with van der Waals surface area (Å²) in [5.74, 6) is 4.44. The third-order valence-corrected chi connectivity index (χ3v) is 21.6. The molecule has 10 unspecified atom stereocenters. The molecule has 3 heterocycles. The molecule has 0 radical (unpaired) electrons. The number of fused-ring (bicyclic) bond motifs is 7. The second-order valence-corrected chi connectivity index (χ2v) is 24.9. The maximum atomic E-state index is 13.0. The summed E-state index contributed by atoms with van der Waals surface area (Å²) in [7, 11) is 0. The predicted octanol–water partition coefficient (Wildman–Crippen LogP) is 12.4. The van der Waals surface area contributed by atoms with E-state index in [1.807, 2.05) is 0 Å². The maximum Gasteiger partial charge on any atom is 0.187 e. The molecule has 0 N–H and O–H groups in total. The minimum absolute atomic E-state index is 0.0650. The van der Waals surface area contributed by atoms with Crippen molar-refractivity contribution in [2.24, 2.45) is 92.2 Å². The second-order valence-electron chi connectivity index (χ2n) is 24.9. The summed E-state index contributed by atoms with van der Waals surface area (Å²) in [6.45, 7) is 36.6. The molecule has 3 aliphatic heterocycles. The van der Waals surface area contributed by atoms with Crippen LogP contribution in [0.2, 0.25) is 0 Å². The molecule has 7 fully saturated rings. The Hall–Kier alpha value is -0.830. The van der Waals surface area contributed by atoms with Crippen LogP contribution in [0.4, 0.5) is 0 Å². The zero-order chi connectivity index (χ0) is 44.2. The van der Waals surface area contributed by atoms with E-state index in [2.05, 4.69) is 110 Å². The fourth-order valence-corrected chi connectivity index (χ4v) is 15.9. The van der Waals surface area contributed by atoms with Gasteiger partial charge in [-0.05, 0) is 147 Å². The lowest BCUT2D eigenvalue weighted by Gasteiger charge is -2.70. The Morgan fingerprint density at radius 1 is 0.689 bits per heavy atom. The van der Waals surface area contributed by atoms with E-state index in [4.69, 9.17) is 28.4 Å². The van der Waals surface area contributed by atoms with Crippen LogP contribution in [0.5, 0.6) is 0 Å². The van der Waals surface area contributed by atoms with E-state index in [0.717, 1.165) is 57.8 Å². The Balaban J connectivity index is 1.05. The van der Waals surface area contributed by atoms with Gasteiger partial charge in [0.1, 0.15) is 12.4 Å². The van der Waals surface area contributed by atoms with Gasteiger partial charge in [-0.25, -0.2) is 0 Å². The van der Waals surface area contributed by atoms with Gasteiger partial charge in [-0.3, -0.25) is 0 Å². The summed E-state index contributed by atoms with van der Waals surface area (Å²) in [5, 5.41) is 0. The minimum Gasteiger partial charge on any atom is -0.352 e. The summed E-state index contributed by atoms with van der Waals surface area (Å²) in [6.07, 6.45) is 14.6. The van der Waals surface area contributed by atoms with Crippen molar-refractivity contribution in [1.82, 2.24) is 0 Å². The van der Waals surface area contributed by atoms with Crippen LogP contribution in [-0.4, -0.2) is 62.3 Å². The van der Waals surface area contributed by atoms with Gasteiger partial charge in [0.15, 0.2) is 18.9 Å². The number of rotatable bonds is 8. The highest BCUT2D eigenvalue weighted by Crippen LogP contribution is 2.74. The quantitative estimate of drug-likeness (QED) is 0.137. The molecular weight excluding hydrogens is 761 g/mol. The molecule has 8 aliphatic rings. The molecule has 23 atom stereocenters. The molecule has 4 saturated carbocycles. The van der Waals surface area contributed by atoms with Crippen molar-refractivity contribution in [1.29, 1.82) is 0 Å². The zero-order valence-electron chi connectivity index (χ0n) is 41.5. The number of carbonyl (C=O) groups excluding carboxylic acids is 1. The van der Waals surface area contributed by atoms with Crippen LogP contribution in [0.25, 0.3) is 0 Å². The third-order valence-electron chi connectivity index (χ3n) is 21.6. The summed E-state index contributed by atoms with van der Waals surface area (Å²) in [4.78, 5) is 13.0. The Kier molecular flexibility index (Phi) is 12.9. The predicted molar refractivity (Wildman–Crippen MR) is 242 cm³/mol. The summed E-state index contributed by atoms with van der Waals surface area (Å²) < 4.78 is 42.2. The number of aldehydes is 1. The molecule has 0 aromatic carbocycles. The standard InChI is InChI=1S/C54H90O7/c1-16-42-33(5)32(4)35(7)48(58-42)61-46-45(60-47-34(6)31(3)30(2)28-56-47)36(8)38(10)57-49(46)59-43-20-21-51(13)39(37(43)9)19-22-53(15)44(51)18-17-40-41-27-50(11,12)23-25-54(41,29-55)26-24-52(40,53)14/h17,29-39,41-49H,16,18-28H2,1-15H3/t30-,31+,32+,33-,34?,35?,36-,37?,38?,39+,41?,42?,43+,44?,45+,46?,47+,48+,49+,51?,52-,53?,54-/m1/s1. The van der Waals surface area contributed by atoms with Crippen LogP contribution >= 0.6 is 0 Å². The van der Waals surface area contributed by atoms with Crippen LogP contribution in [-0.2, 0) is 33.2 Å². The summed E-state index contributed by atoms with van der Waals surface area (Å²) in [5.41, 5.74) is 2.35. The summed E-state index contributed by atoms with van der Waals surface area (Å²) in [6, 6.07) is 0. The van der Waals surface area contributed by atoms with Crippen molar-refractivity contribution in [3.05, 3.63) is 11.6 Å². The molecule has 7 nitrogen and oxygen atoms in total. The SMILES string of the molecule is CCC1O[C@@H](OC2[C@H](O[C@H]3CCC4(C)C5CC=C6C7CC(C)(C)CC[C@]7(C=O)CC[C@@]6(C)C5(C)CC[C@H]4C3C)OC(C)[C@@H](C)[C@@H]2O[C@@H]2OC[C@@H](C)[C@H](C)C2C)C(C)[C@@H](C)[C@H]1C. The van der Waals surface area contributed by atoms with E-state index in [9.17, 15) is 4.79 Å². The highest BCUT2D eigenvalue weighted by atomic mass is 16.8. The molecule has 7 heteroatoms. The van der Waals surface area contributed by atoms with E-state index < -0.39 is 12.4 Å². The van der Waals surface area contributed by atoms with Gasteiger partial charge in [-0.15, -0.1) is 0 Å². The van der Waals surface area contributed by atoms with Gasteiger partial charge in [0.2, 0.25) is 0 Å². The average Bonchev–Trinajstić information content (AvgIpc) is 3.22. The molecule has 0 amide bonds. The van der Waals surface area contributed by atoms with Gasteiger partial charge in [-0.1, -0.05) is 109 Å². The number of ether oxygens (including phenoxy) is 6. The molecule has 348 valence electrons. The number of hydrogen-bond acceptors (Lipinski definition) is 7. The van der Waals surface area contributed by atoms with E-state index >= 15 is 0 Å². The topological polar surface area (TPSA) is 72.5 Å².